The summed E-state index contributed by atoms with van der Waals surface area (Å²) in [5.74, 6) is -1.50. The van der Waals surface area contributed by atoms with Gasteiger partial charge in [0.25, 0.3) is 0 Å². The molecule has 0 spiro atoms. The van der Waals surface area contributed by atoms with Gasteiger partial charge in [0.15, 0.2) is 12.0 Å². The van der Waals surface area contributed by atoms with Crippen LogP contribution in [0.5, 0.6) is 0 Å². The number of hydrogen-bond donors (Lipinski definition) is 3. The Morgan fingerprint density at radius 2 is 2.00 bits per heavy atom. The van der Waals surface area contributed by atoms with E-state index >= 15 is 0 Å². The third kappa shape index (κ3) is 1.94. The molecule has 0 aromatic rings. The number of aliphatic carboxylic acids is 1. The van der Waals surface area contributed by atoms with Crippen molar-refractivity contribution in [3.8, 4) is 0 Å². The zero-order valence-electron chi connectivity index (χ0n) is 4.37. The summed E-state index contributed by atoms with van der Waals surface area (Å²) in [6.07, 6.45) is 0. The second-order valence-corrected chi connectivity index (χ2v) is 1.30. The van der Waals surface area contributed by atoms with E-state index in [0.717, 1.165) is 5.94 Å². The molecule has 0 amide bonds. The monoisotopic (exact) mass is 131 g/mol. The van der Waals surface area contributed by atoms with Gasteiger partial charge in [0.2, 0.25) is 5.76 Å². The first-order valence-electron chi connectivity index (χ1n) is 2.02. The van der Waals surface area contributed by atoms with E-state index in [1.54, 1.807) is 0 Å². The minimum absolute atomic E-state index is 0.962. The summed E-state index contributed by atoms with van der Waals surface area (Å²) < 4.78 is 0. The van der Waals surface area contributed by atoms with Gasteiger partial charge >= 0.3 is 5.97 Å². The van der Waals surface area contributed by atoms with Crippen LogP contribution in [0.25, 0.3) is 0 Å². The summed E-state index contributed by atoms with van der Waals surface area (Å²) >= 11 is 0. The van der Waals surface area contributed by atoms with E-state index < -0.39 is 17.8 Å². The second kappa shape index (κ2) is 2.86. The van der Waals surface area contributed by atoms with Crippen LogP contribution in [-0.2, 0) is 9.59 Å². The van der Waals surface area contributed by atoms with Gasteiger partial charge in [-0.15, -0.1) is 0 Å². The lowest BCUT2D eigenvalue weighted by Crippen LogP contribution is -2.32. The Morgan fingerprint density at radius 1 is 1.56 bits per heavy atom. The molecule has 50 valence electrons. The molecule has 0 radical (unpaired) electrons. The number of carbonyl (C=O) groups excluding carboxylic acids is 1. The Bertz CT molecular complexity index is 169. The van der Waals surface area contributed by atoms with E-state index in [0.29, 0.717) is 0 Å². The van der Waals surface area contributed by atoms with Gasteiger partial charge < -0.3 is 15.9 Å². The summed E-state index contributed by atoms with van der Waals surface area (Å²) in [7, 11) is 0. The number of carbonyl (C=O) groups is 1. The highest BCUT2D eigenvalue weighted by Crippen LogP contribution is 1.87. The van der Waals surface area contributed by atoms with Crippen molar-refractivity contribution in [1.29, 1.82) is 0 Å². The second-order valence-electron chi connectivity index (χ2n) is 1.30. The first kappa shape index (κ1) is 7.68. The molecule has 0 aromatic heterocycles. The van der Waals surface area contributed by atoms with Crippen molar-refractivity contribution in [3.05, 3.63) is 5.76 Å². The van der Waals surface area contributed by atoms with E-state index in [1.807, 2.05) is 0 Å². The molecule has 0 fully saturated rings. The molecule has 9 heavy (non-hydrogen) atoms. The van der Waals surface area contributed by atoms with Crippen LogP contribution in [0.1, 0.15) is 0 Å². The molecule has 4 N–H and O–H groups in total. The Hall–Kier alpha value is -1.32. The fourth-order valence-electron chi connectivity index (χ4n) is 0.180. The molecular weight excluding hydrogens is 126 g/mol. The molecule has 5 nitrogen and oxygen atoms in total. The lowest BCUT2D eigenvalue weighted by molar-refractivity contribution is -0.138. The first-order valence-corrected chi connectivity index (χ1v) is 2.02. The number of carboxylic acid groups (broad SMARTS) is 1. The number of aliphatic hydroxyl groups is 1. The van der Waals surface area contributed by atoms with Gasteiger partial charge in [-0.3, -0.25) is 4.79 Å². The van der Waals surface area contributed by atoms with E-state index in [-0.39, 0.29) is 0 Å². The van der Waals surface area contributed by atoms with Gasteiger partial charge in [0.1, 0.15) is 0 Å². The Kier molecular flexibility index (Phi) is 2.44. The smallest absolute Gasteiger partial charge is 0.329 e. The van der Waals surface area contributed by atoms with Crippen LogP contribution < -0.4 is 5.73 Å². The molecule has 0 aliphatic carbocycles. The predicted octanol–water partition coefficient (Wildman–Crippen LogP) is -1.33. The fourth-order valence-corrected chi connectivity index (χ4v) is 0.180. The van der Waals surface area contributed by atoms with Crippen LogP contribution in [0, 0.1) is 0 Å². The van der Waals surface area contributed by atoms with Crippen LogP contribution in [-0.4, -0.2) is 28.2 Å². The summed E-state index contributed by atoms with van der Waals surface area (Å²) in [6.45, 7) is 0. The quantitative estimate of drug-likeness (QED) is 0.318. The van der Waals surface area contributed by atoms with Gasteiger partial charge in [-0.1, -0.05) is 0 Å². The maximum absolute atomic E-state index is 9.81. The molecule has 0 heterocycles. The van der Waals surface area contributed by atoms with E-state index in [4.69, 9.17) is 15.9 Å². The summed E-state index contributed by atoms with van der Waals surface area (Å²) in [5, 5.41) is 16.3. The molecule has 0 rings (SSSR count). The van der Waals surface area contributed by atoms with E-state index in [9.17, 15) is 9.59 Å². The van der Waals surface area contributed by atoms with Crippen molar-refractivity contribution in [2.45, 2.75) is 6.04 Å². The Balaban J connectivity index is 4.21. The zero-order chi connectivity index (χ0) is 7.44. The highest BCUT2D eigenvalue weighted by Gasteiger charge is 2.16. The molecule has 1 unspecified atom stereocenters. The van der Waals surface area contributed by atoms with Crippen LogP contribution in [0.15, 0.2) is 5.76 Å². The summed E-state index contributed by atoms with van der Waals surface area (Å²) in [6, 6.07) is -1.65. The van der Waals surface area contributed by atoms with Gasteiger partial charge in [0.05, 0.1) is 0 Å². The number of aliphatic hydroxyl groups excluding tert-OH is 1. The number of carboxylic acids is 1. The van der Waals surface area contributed by atoms with Crippen molar-refractivity contribution in [3.63, 3.8) is 0 Å². The maximum atomic E-state index is 9.81. The molecule has 0 aliphatic rings. The van der Waals surface area contributed by atoms with Gasteiger partial charge in [0, 0.05) is 0 Å². The van der Waals surface area contributed by atoms with Crippen molar-refractivity contribution >= 4 is 11.9 Å². The molecule has 0 aromatic carbocycles. The Morgan fingerprint density at radius 3 is 2.11 bits per heavy atom. The molecular formula is C4H5NO4. The third-order valence-electron chi connectivity index (χ3n) is 0.665. The number of rotatable bonds is 2. The molecule has 0 aliphatic heterocycles. The van der Waals surface area contributed by atoms with Gasteiger partial charge in [-0.2, -0.15) is 0 Å². The first-order chi connectivity index (χ1) is 4.09. The van der Waals surface area contributed by atoms with Crippen LogP contribution in [0.3, 0.4) is 0 Å². The minimum atomic E-state index is -1.65. The third-order valence-corrected chi connectivity index (χ3v) is 0.665. The molecule has 1 atom stereocenters. The minimum Gasteiger partial charge on any atom is -0.500 e. The van der Waals surface area contributed by atoms with Gasteiger partial charge in [-0.05, 0) is 0 Å². The zero-order valence-corrected chi connectivity index (χ0v) is 4.37. The summed E-state index contributed by atoms with van der Waals surface area (Å²) in [5.41, 5.74) is 4.72. The highest BCUT2D eigenvalue weighted by atomic mass is 16.4. The lowest BCUT2D eigenvalue weighted by Gasteiger charge is -1.98. The molecule has 5 heteroatoms. The predicted molar refractivity (Wildman–Crippen MR) is 27.4 cm³/mol. The topological polar surface area (TPSA) is 101 Å². The average molecular weight is 131 g/mol. The number of nitrogens with two attached hydrogens (primary N) is 1. The van der Waals surface area contributed by atoms with E-state index in [1.165, 1.54) is 0 Å². The van der Waals surface area contributed by atoms with Crippen LogP contribution in [0.2, 0.25) is 0 Å². The largest absolute Gasteiger partial charge is 0.500 e. The average Bonchev–Trinajstić information content (AvgIpc) is 1.84. The van der Waals surface area contributed by atoms with Crippen molar-refractivity contribution in [1.82, 2.24) is 0 Å². The maximum Gasteiger partial charge on any atom is 0.329 e. The van der Waals surface area contributed by atoms with Crippen LogP contribution in [0.4, 0.5) is 0 Å². The molecule has 0 saturated heterocycles. The fraction of sp³-hybridized carbons (Fsp3) is 0.250. The standard InChI is InChI=1S/C4H5NO4/c5-3(4(8)9)2(7)1-6/h3,7H,5H2,(H,8,9). The normalized spacial score (nSPS) is 11.7. The Labute approximate surface area is 50.4 Å². The lowest BCUT2D eigenvalue weighted by atomic mass is 10.3. The highest BCUT2D eigenvalue weighted by molar-refractivity contribution is 5.79. The molecule has 0 saturated carbocycles. The van der Waals surface area contributed by atoms with E-state index in [2.05, 4.69) is 0 Å². The van der Waals surface area contributed by atoms with Gasteiger partial charge in [-0.25, -0.2) is 4.79 Å². The SMILES string of the molecule is NC(C(=O)O)C(O)=C=O. The van der Waals surface area contributed by atoms with Crippen molar-refractivity contribution in [2.75, 3.05) is 0 Å². The number of hydrogen-bond acceptors (Lipinski definition) is 4. The van der Waals surface area contributed by atoms with Crippen LogP contribution >= 0.6 is 0 Å². The molecule has 0 bridgehead atoms. The summed E-state index contributed by atoms with van der Waals surface area (Å²) in [4.78, 5) is 19.3. The van der Waals surface area contributed by atoms with Crippen molar-refractivity contribution < 1.29 is 19.8 Å². The van der Waals surface area contributed by atoms with Crippen molar-refractivity contribution in [2.24, 2.45) is 5.73 Å².